The maximum absolute atomic E-state index is 12.0. The minimum Gasteiger partial charge on any atom is -0.494 e. The molecule has 31 heavy (non-hydrogen) atoms. The summed E-state index contributed by atoms with van der Waals surface area (Å²) >= 11 is 0. The molecule has 1 fully saturated rings. The molecule has 0 amide bonds. The molecule has 1 saturated heterocycles. The summed E-state index contributed by atoms with van der Waals surface area (Å²) in [5.41, 5.74) is 2.09. The number of anilines is 1. The first-order valence-electron chi connectivity index (χ1n) is 11.2. The van der Waals surface area contributed by atoms with E-state index in [0.29, 0.717) is 6.61 Å². The molecule has 3 aromatic rings. The number of benzene rings is 3. The van der Waals surface area contributed by atoms with Gasteiger partial charge in [0.15, 0.2) is 0 Å². The zero-order valence-electron chi connectivity index (χ0n) is 18.2. The van der Waals surface area contributed by atoms with Gasteiger partial charge < -0.3 is 15.2 Å². The van der Waals surface area contributed by atoms with E-state index < -0.39 is 5.60 Å². The van der Waals surface area contributed by atoms with Crippen LogP contribution in [0, 0.1) is 5.92 Å². The molecule has 2 N–H and O–H groups in total. The Bertz CT molecular complexity index is 881. The van der Waals surface area contributed by atoms with Gasteiger partial charge in [0.2, 0.25) is 0 Å². The molecule has 4 heteroatoms. The van der Waals surface area contributed by atoms with Crippen molar-refractivity contribution < 1.29 is 9.84 Å². The van der Waals surface area contributed by atoms with Crippen molar-refractivity contribution in [1.82, 2.24) is 4.90 Å². The highest BCUT2D eigenvalue weighted by atomic mass is 16.5. The standard InChI is InChI=1S/C27H32N2O2/c1-2-31-26-15-13-25(14-16-26)28-21-29-19-17-24(18-20-29)27(30,22-9-5-3-6-10-22)23-11-7-4-8-12-23/h3-16,24,28,30H,2,17-21H2,1H3. The molecule has 1 heterocycles. The van der Waals surface area contributed by atoms with Crippen molar-refractivity contribution in [2.45, 2.75) is 25.4 Å². The summed E-state index contributed by atoms with van der Waals surface area (Å²) in [5, 5.41) is 15.5. The Morgan fingerprint density at radius 2 is 1.42 bits per heavy atom. The van der Waals surface area contributed by atoms with Crippen molar-refractivity contribution >= 4 is 5.69 Å². The summed E-state index contributed by atoms with van der Waals surface area (Å²) in [7, 11) is 0. The molecule has 1 aliphatic rings. The summed E-state index contributed by atoms with van der Waals surface area (Å²) in [6, 6.07) is 28.4. The Morgan fingerprint density at radius 3 is 1.94 bits per heavy atom. The van der Waals surface area contributed by atoms with Gasteiger partial charge in [-0.2, -0.15) is 0 Å². The lowest BCUT2D eigenvalue weighted by molar-refractivity contribution is -0.0132. The average Bonchev–Trinajstić information content (AvgIpc) is 2.85. The van der Waals surface area contributed by atoms with Gasteiger partial charge in [0.05, 0.1) is 13.3 Å². The van der Waals surface area contributed by atoms with Gasteiger partial charge in [0, 0.05) is 18.8 Å². The number of likely N-dealkylation sites (tertiary alicyclic amines) is 1. The third kappa shape index (κ3) is 4.92. The van der Waals surface area contributed by atoms with Crippen LogP contribution in [0.4, 0.5) is 5.69 Å². The Kier molecular flexibility index (Phi) is 6.90. The zero-order valence-corrected chi connectivity index (χ0v) is 18.2. The molecule has 0 unspecified atom stereocenters. The van der Waals surface area contributed by atoms with Crippen LogP contribution in [0.3, 0.4) is 0 Å². The van der Waals surface area contributed by atoms with E-state index in [1.807, 2.05) is 79.7 Å². The lowest BCUT2D eigenvalue weighted by Crippen LogP contribution is -2.45. The monoisotopic (exact) mass is 416 g/mol. The average molecular weight is 417 g/mol. The molecular formula is C27H32N2O2. The van der Waals surface area contributed by atoms with Gasteiger partial charge in [-0.25, -0.2) is 0 Å². The maximum atomic E-state index is 12.0. The summed E-state index contributed by atoms with van der Waals surface area (Å²) in [6.45, 7) is 5.38. The third-order valence-corrected chi connectivity index (χ3v) is 6.28. The second kappa shape index (κ2) is 9.99. The lowest BCUT2D eigenvalue weighted by Gasteiger charge is -2.42. The number of aliphatic hydroxyl groups is 1. The molecule has 0 radical (unpaired) electrons. The van der Waals surface area contributed by atoms with Crippen LogP contribution in [0.5, 0.6) is 5.75 Å². The van der Waals surface area contributed by atoms with Gasteiger partial charge in [-0.3, -0.25) is 4.90 Å². The van der Waals surface area contributed by atoms with Gasteiger partial charge in [0.1, 0.15) is 11.4 Å². The Balaban J connectivity index is 1.40. The van der Waals surface area contributed by atoms with Gasteiger partial charge in [-0.1, -0.05) is 60.7 Å². The van der Waals surface area contributed by atoms with E-state index in [2.05, 4.69) is 22.3 Å². The van der Waals surface area contributed by atoms with Crippen LogP contribution in [0.2, 0.25) is 0 Å². The summed E-state index contributed by atoms with van der Waals surface area (Å²) < 4.78 is 5.51. The molecule has 0 saturated carbocycles. The topological polar surface area (TPSA) is 44.7 Å². The molecule has 162 valence electrons. The molecule has 3 aromatic carbocycles. The van der Waals surface area contributed by atoms with Gasteiger partial charge in [-0.05, 0) is 61.1 Å². The van der Waals surface area contributed by atoms with Crippen LogP contribution in [0.15, 0.2) is 84.9 Å². The fourth-order valence-electron chi connectivity index (χ4n) is 4.57. The number of ether oxygens (including phenoxy) is 1. The molecular weight excluding hydrogens is 384 g/mol. The van der Waals surface area contributed by atoms with Crippen LogP contribution in [-0.4, -0.2) is 36.4 Å². The van der Waals surface area contributed by atoms with Crippen molar-refractivity contribution in [3.8, 4) is 5.75 Å². The third-order valence-electron chi connectivity index (χ3n) is 6.28. The molecule has 0 aromatic heterocycles. The molecule has 4 rings (SSSR count). The van der Waals surface area contributed by atoms with E-state index in [0.717, 1.165) is 55.2 Å². The van der Waals surface area contributed by atoms with Crippen LogP contribution in [0.1, 0.15) is 30.9 Å². The summed E-state index contributed by atoms with van der Waals surface area (Å²) in [4.78, 5) is 2.42. The molecule has 0 aliphatic carbocycles. The molecule has 4 nitrogen and oxygen atoms in total. The summed E-state index contributed by atoms with van der Waals surface area (Å²) in [6.07, 6.45) is 1.90. The highest BCUT2D eigenvalue weighted by Crippen LogP contribution is 2.41. The molecule has 0 spiro atoms. The quantitative estimate of drug-likeness (QED) is 0.536. The normalized spacial score (nSPS) is 15.5. The number of hydrogen-bond acceptors (Lipinski definition) is 4. The lowest BCUT2D eigenvalue weighted by atomic mass is 9.72. The highest BCUT2D eigenvalue weighted by molar-refractivity contribution is 5.46. The SMILES string of the molecule is CCOc1ccc(NCN2CCC(C(O)(c3ccccc3)c3ccccc3)CC2)cc1. The van der Waals surface area contributed by atoms with Crippen LogP contribution in [0.25, 0.3) is 0 Å². The zero-order chi connectivity index (χ0) is 21.5. The van der Waals surface area contributed by atoms with Crippen LogP contribution in [-0.2, 0) is 5.60 Å². The molecule has 1 aliphatic heterocycles. The van der Waals surface area contributed by atoms with Gasteiger partial charge in [0.25, 0.3) is 0 Å². The predicted molar refractivity (Wildman–Crippen MR) is 126 cm³/mol. The van der Waals surface area contributed by atoms with Gasteiger partial charge in [-0.15, -0.1) is 0 Å². The van der Waals surface area contributed by atoms with E-state index in [1.54, 1.807) is 0 Å². The largest absolute Gasteiger partial charge is 0.494 e. The van der Waals surface area contributed by atoms with Crippen molar-refractivity contribution in [1.29, 1.82) is 0 Å². The predicted octanol–water partition coefficient (Wildman–Crippen LogP) is 5.10. The van der Waals surface area contributed by atoms with Crippen molar-refractivity contribution in [2.24, 2.45) is 5.92 Å². The second-order valence-electron chi connectivity index (χ2n) is 8.18. The molecule has 0 bridgehead atoms. The van der Waals surface area contributed by atoms with Crippen molar-refractivity contribution in [3.05, 3.63) is 96.1 Å². The van der Waals surface area contributed by atoms with Crippen molar-refractivity contribution in [3.63, 3.8) is 0 Å². The number of rotatable bonds is 8. The Hall–Kier alpha value is -2.82. The van der Waals surface area contributed by atoms with Crippen molar-refractivity contribution in [2.75, 3.05) is 31.7 Å². The highest BCUT2D eigenvalue weighted by Gasteiger charge is 2.41. The number of hydrogen-bond donors (Lipinski definition) is 2. The fourth-order valence-corrected chi connectivity index (χ4v) is 4.57. The van der Waals surface area contributed by atoms with E-state index in [1.165, 1.54) is 0 Å². The van der Waals surface area contributed by atoms with Gasteiger partial charge >= 0.3 is 0 Å². The first-order valence-corrected chi connectivity index (χ1v) is 11.2. The maximum Gasteiger partial charge on any atom is 0.119 e. The first-order chi connectivity index (χ1) is 15.2. The number of nitrogens with one attached hydrogen (secondary N) is 1. The van der Waals surface area contributed by atoms with E-state index in [9.17, 15) is 5.11 Å². The Labute approximate surface area is 185 Å². The second-order valence-corrected chi connectivity index (χ2v) is 8.18. The number of nitrogens with zero attached hydrogens (tertiary/aromatic N) is 1. The van der Waals surface area contributed by atoms with Crippen LogP contribution < -0.4 is 10.1 Å². The van der Waals surface area contributed by atoms with E-state index >= 15 is 0 Å². The minimum atomic E-state index is -0.961. The molecule has 0 atom stereocenters. The smallest absolute Gasteiger partial charge is 0.119 e. The minimum absolute atomic E-state index is 0.180. The van der Waals surface area contributed by atoms with E-state index in [4.69, 9.17) is 4.74 Å². The van der Waals surface area contributed by atoms with E-state index in [-0.39, 0.29) is 5.92 Å². The Morgan fingerprint density at radius 1 is 0.871 bits per heavy atom. The summed E-state index contributed by atoms with van der Waals surface area (Å²) in [5.74, 6) is 1.08. The first kappa shape index (κ1) is 21.4. The fraction of sp³-hybridized carbons (Fsp3) is 0.333. The number of piperidine rings is 1. The van der Waals surface area contributed by atoms with Crippen LogP contribution >= 0.6 is 0 Å².